The maximum absolute atomic E-state index is 12.1. The van der Waals surface area contributed by atoms with Gasteiger partial charge in [0.25, 0.3) is 0 Å². The first-order valence-corrected chi connectivity index (χ1v) is 16.6. The molecule has 2 saturated heterocycles. The molecule has 0 radical (unpaired) electrons. The van der Waals surface area contributed by atoms with E-state index in [1.807, 2.05) is 0 Å². The van der Waals surface area contributed by atoms with Gasteiger partial charge >= 0.3 is 0 Å². The van der Waals surface area contributed by atoms with Crippen molar-refractivity contribution in [1.29, 1.82) is 0 Å². The molecule has 2 aromatic heterocycles. The van der Waals surface area contributed by atoms with E-state index in [2.05, 4.69) is 56.0 Å². The van der Waals surface area contributed by atoms with Crippen LogP contribution < -0.4 is 14.8 Å². The smallest absolute Gasteiger partial charge is 0.238 e. The molecule has 0 amide bonds. The van der Waals surface area contributed by atoms with E-state index in [0.717, 1.165) is 67.4 Å². The van der Waals surface area contributed by atoms with Crippen LogP contribution in [0.5, 0.6) is 5.88 Å². The van der Waals surface area contributed by atoms with E-state index < -0.39 is 15.8 Å². The Labute approximate surface area is 241 Å². The zero-order chi connectivity index (χ0) is 28.5. The van der Waals surface area contributed by atoms with Crippen LogP contribution in [0.2, 0.25) is 0 Å². The van der Waals surface area contributed by atoms with Crippen molar-refractivity contribution in [2.75, 3.05) is 76.4 Å². The predicted octanol–water partition coefficient (Wildman–Crippen LogP) is 2.71. The van der Waals surface area contributed by atoms with Crippen LogP contribution in [0.3, 0.4) is 0 Å². The largest absolute Gasteiger partial charge is 0.480 e. The highest BCUT2D eigenvalue weighted by Crippen LogP contribution is 2.40. The summed E-state index contributed by atoms with van der Waals surface area (Å²) < 4.78 is 37.7. The Hall–Kier alpha value is -2.29. The Morgan fingerprint density at radius 1 is 1.27 bits per heavy atom. The summed E-state index contributed by atoms with van der Waals surface area (Å²) in [6.07, 6.45) is 5.17. The molecule has 0 aliphatic carbocycles. The van der Waals surface area contributed by atoms with Gasteiger partial charge in [0.05, 0.1) is 42.9 Å². The van der Waals surface area contributed by atoms with Crippen LogP contribution in [0, 0.1) is 0 Å². The monoisotopic (exact) mass is 591 g/mol. The fourth-order valence-corrected chi connectivity index (χ4v) is 7.31. The van der Waals surface area contributed by atoms with Gasteiger partial charge in [0, 0.05) is 43.0 Å². The number of piperidine rings is 1. The molecule has 5 heterocycles. The van der Waals surface area contributed by atoms with Crippen molar-refractivity contribution >= 4 is 38.4 Å². The summed E-state index contributed by atoms with van der Waals surface area (Å²) in [6.45, 7) is 11.2. The average molecular weight is 592 g/mol. The number of ether oxygens (including phenoxy) is 2. The number of rotatable bonds is 9. The van der Waals surface area contributed by atoms with Crippen molar-refractivity contribution in [3.63, 3.8) is 0 Å². The van der Waals surface area contributed by atoms with Crippen LogP contribution >= 0.6 is 11.3 Å². The highest BCUT2D eigenvalue weighted by Gasteiger charge is 2.39. The molecule has 0 aromatic carbocycles. The number of aliphatic imine (C=N–C) groups is 1. The molecule has 0 bridgehead atoms. The normalized spacial score (nSPS) is 23.0. The Balaban J connectivity index is 1.49. The van der Waals surface area contributed by atoms with E-state index in [1.165, 1.54) is 25.5 Å². The van der Waals surface area contributed by atoms with Crippen LogP contribution in [0.1, 0.15) is 42.7 Å². The first-order valence-electron chi connectivity index (χ1n) is 13.9. The molecular weight excluding hydrogens is 550 g/mol. The lowest BCUT2D eigenvalue weighted by Crippen LogP contribution is -2.57. The molecule has 13 heteroatoms. The fraction of sp³-hybridized carbons (Fsp3) is 0.630. The SMILES string of the molecule is CCN(C)C1CCN(Cc2csc3c2NC(C)(N2CCOCC2)N=C3c2cnc(OC)c(NS(C)(=O)=O)c2)CC1. The molecule has 2 N–H and O–H groups in total. The number of hydrogen-bond acceptors (Lipinski definition) is 11. The van der Waals surface area contributed by atoms with Crippen LogP contribution in [0.15, 0.2) is 22.6 Å². The number of methoxy groups -OCH3 is 1. The van der Waals surface area contributed by atoms with Gasteiger partial charge in [0.1, 0.15) is 5.69 Å². The van der Waals surface area contributed by atoms with Gasteiger partial charge < -0.3 is 19.7 Å². The van der Waals surface area contributed by atoms with Gasteiger partial charge in [0.15, 0.2) is 5.79 Å². The molecule has 5 rings (SSSR count). The van der Waals surface area contributed by atoms with E-state index in [0.29, 0.717) is 19.3 Å². The molecule has 0 spiro atoms. The average Bonchev–Trinajstić information content (AvgIpc) is 3.34. The van der Waals surface area contributed by atoms with Gasteiger partial charge in [-0.3, -0.25) is 14.5 Å². The van der Waals surface area contributed by atoms with Crippen LogP contribution in [0.4, 0.5) is 11.4 Å². The number of pyridine rings is 1. The Morgan fingerprint density at radius 2 is 2.00 bits per heavy atom. The fourth-order valence-electron chi connectivity index (χ4n) is 5.73. The first kappa shape index (κ1) is 29.2. The van der Waals surface area contributed by atoms with Gasteiger partial charge in [-0.05, 0) is 57.9 Å². The summed E-state index contributed by atoms with van der Waals surface area (Å²) in [6, 6.07) is 2.41. The molecule has 220 valence electrons. The number of aromatic nitrogens is 1. The maximum atomic E-state index is 12.1. The number of hydrogen-bond donors (Lipinski definition) is 2. The van der Waals surface area contributed by atoms with E-state index in [4.69, 9.17) is 14.5 Å². The van der Waals surface area contributed by atoms with Gasteiger partial charge in [-0.15, -0.1) is 11.3 Å². The number of anilines is 2. The van der Waals surface area contributed by atoms with E-state index in [1.54, 1.807) is 23.6 Å². The lowest BCUT2D eigenvalue weighted by Gasteiger charge is -2.44. The zero-order valence-corrected chi connectivity index (χ0v) is 25.7. The minimum atomic E-state index is -3.53. The zero-order valence-electron chi connectivity index (χ0n) is 24.1. The van der Waals surface area contributed by atoms with Crippen molar-refractivity contribution in [1.82, 2.24) is 19.7 Å². The van der Waals surface area contributed by atoms with Crippen LogP contribution in [0.25, 0.3) is 0 Å². The highest BCUT2D eigenvalue weighted by molar-refractivity contribution is 7.92. The number of nitrogens with zero attached hydrogens (tertiary/aromatic N) is 5. The quantitative estimate of drug-likeness (QED) is 0.455. The Kier molecular flexibility index (Phi) is 8.69. The lowest BCUT2D eigenvalue weighted by molar-refractivity contribution is -0.00422. The Bertz CT molecular complexity index is 1330. The summed E-state index contributed by atoms with van der Waals surface area (Å²) in [7, 11) is 0.160. The molecule has 11 nitrogen and oxygen atoms in total. The standard InChI is InChI=1S/C27H41N7O4S2/c1-6-32(3)21-7-9-33(10-8-21)17-20-18-39-25-23(19-15-22(31-40(5,35)36)26(37-4)28-16-19)29-27(2,30-24(20)25)34-11-13-38-14-12-34/h15-16,18,21,30-31H,6-14,17H2,1-5H3. The van der Waals surface area contributed by atoms with Gasteiger partial charge in [0.2, 0.25) is 15.9 Å². The number of likely N-dealkylation sites (tertiary alicyclic amines) is 1. The number of nitrogens with one attached hydrogen (secondary N) is 2. The van der Waals surface area contributed by atoms with Gasteiger partial charge in [-0.25, -0.2) is 18.4 Å². The number of sulfonamides is 1. The van der Waals surface area contributed by atoms with E-state index in [9.17, 15) is 8.42 Å². The number of thiophene rings is 1. The topological polar surface area (TPSA) is 112 Å². The second-order valence-corrected chi connectivity index (χ2v) is 13.5. The predicted molar refractivity (Wildman–Crippen MR) is 160 cm³/mol. The molecule has 1 atom stereocenters. The third-order valence-electron chi connectivity index (χ3n) is 8.09. The van der Waals surface area contributed by atoms with Crippen molar-refractivity contribution < 1.29 is 17.9 Å². The molecule has 3 aliphatic heterocycles. The summed E-state index contributed by atoms with van der Waals surface area (Å²) in [4.78, 5) is 18.0. The molecule has 1 unspecified atom stereocenters. The lowest BCUT2D eigenvalue weighted by atomic mass is 10.0. The van der Waals surface area contributed by atoms with E-state index in [-0.39, 0.29) is 11.6 Å². The third-order valence-corrected chi connectivity index (χ3v) is 9.71. The second-order valence-electron chi connectivity index (χ2n) is 10.9. The van der Waals surface area contributed by atoms with Crippen LogP contribution in [-0.2, 0) is 21.3 Å². The molecule has 40 heavy (non-hydrogen) atoms. The molecule has 2 aromatic rings. The minimum Gasteiger partial charge on any atom is -0.480 e. The third kappa shape index (κ3) is 6.29. The molecule has 3 aliphatic rings. The van der Waals surface area contributed by atoms with E-state index >= 15 is 0 Å². The molecule has 0 saturated carbocycles. The summed E-state index contributed by atoms with van der Waals surface area (Å²) in [5.74, 6) is -0.479. The first-order chi connectivity index (χ1) is 19.1. The summed E-state index contributed by atoms with van der Waals surface area (Å²) in [5, 5.41) is 6.03. The van der Waals surface area contributed by atoms with Crippen molar-refractivity contribution in [2.24, 2.45) is 4.99 Å². The summed E-state index contributed by atoms with van der Waals surface area (Å²) >= 11 is 1.66. The van der Waals surface area contributed by atoms with Crippen molar-refractivity contribution in [3.05, 3.63) is 33.6 Å². The number of fused-ring (bicyclic) bond motifs is 1. The van der Waals surface area contributed by atoms with Crippen LogP contribution in [-0.4, -0.2) is 112 Å². The van der Waals surface area contributed by atoms with Crippen molar-refractivity contribution in [2.45, 2.75) is 45.1 Å². The van der Waals surface area contributed by atoms with Crippen molar-refractivity contribution in [3.8, 4) is 5.88 Å². The Morgan fingerprint density at radius 3 is 2.65 bits per heavy atom. The number of morpholine rings is 1. The van der Waals surface area contributed by atoms with Gasteiger partial charge in [-0.2, -0.15) is 0 Å². The summed E-state index contributed by atoms with van der Waals surface area (Å²) in [5.41, 5.74) is 4.14. The minimum absolute atomic E-state index is 0.212. The molecule has 2 fully saturated rings. The maximum Gasteiger partial charge on any atom is 0.238 e. The highest BCUT2D eigenvalue weighted by atomic mass is 32.2. The van der Waals surface area contributed by atoms with Gasteiger partial charge in [-0.1, -0.05) is 6.92 Å². The molecular formula is C27H41N7O4S2. The second kappa shape index (κ2) is 11.9.